The first-order chi connectivity index (χ1) is 9.88. The topological polar surface area (TPSA) is 55.1 Å². The average molecular weight is 344 g/mol. The maximum absolute atomic E-state index is 11.2. The van der Waals surface area contributed by atoms with Crippen molar-refractivity contribution in [3.05, 3.63) is 62.6 Å². The lowest BCUT2D eigenvalue weighted by atomic mass is 10.1. The molecule has 1 amide bonds. The van der Waals surface area contributed by atoms with E-state index in [1.165, 1.54) is 0 Å². The molecule has 0 heterocycles. The molecule has 2 aromatic carbocycles. The molecule has 0 radical (unpaired) electrons. The molecule has 110 valence electrons. The highest BCUT2D eigenvalue weighted by Gasteiger charge is 2.11. The van der Waals surface area contributed by atoms with Crippen LogP contribution in [-0.2, 0) is 0 Å². The van der Waals surface area contributed by atoms with E-state index in [-0.39, 0.29) is 6.04 Å². The number of nitrogens with one attached hydrogen (secondary N) is 1. The van der Waals surface area contributed by atoms with Crippen LogP contribution >= 0.6 is 34.8 Å². The lowest BCUT2D eigenvalue weighted by molar-refractivity contribution is 0.100. The summed E-state index contributed by atoms with van der Waals surface area (Å²) in [6.45, 7) is 1.95. The fourth-order valence-electron chi connectivity index (χ4n) is 1.89. The van der Waals surface area contributed by atoms with E-state index < -0.39 is 5.91 Å². The Kier molecular flexibility index (Phi) is 4.99. The van der Waals surface area contributed by atoms with Crippen molar-refractivity contribution in [2.45, 2.75) is 13.0 Å². The maximum Gasteiger partial charge on any atom is 0.248 e. The van der Waals surface area contributed by atoms with Crippen molar-refractivity contribution in [3.8, 4) is 0 Å². The summed E-state index contributed by atoms with van der Waals surface area (Å²) in [4.78, 5) is 11.2. The third-order valence-electron chi connectivity index (χ3n) is 3.07. The van der Waals surface area contributed by atoms with E-state index in [0.717, 1.165) is 5.56 Å². The molecule has 21 heavy (non-hydrogen) atoms. The van der Waals surface area contributed by atoms with Crippen molar-refractivity contribution < 1.29 is 4.79 Å². The Bertz CT molecular complexity index is 689. The second-order valence-corrected chi connectivity index (χ2v) is 5.82. The van der Waals surface area contributed by atoms with E-state index in [0.29, 0.717) is 26.3 Å². The van der Waals surface area contributed by atoms with Crippen molar-refractivity contribution in [1.82, 2.24) is 0 Å². The third kappa shape index (κ3) is 3.82. The molecule has 0 fully saturated rings. The summed E-state index contributed by atoms with van der Waals surface area (Å²) in [5, 5.41) is 4.72. The molecule has 0 saturated heterocycles. The van der Waals surface area contributed by atoms with Gasteiger partial charge in [0.05, 0.1) is 20.8 Å². The van der Waals surface area contributed by atoms with Crippen molar-refractivity contribution in [1.29, 1.82) is 0 Å². The number of benzene rings is 2. The van der Waals surface area contributed by atoms with Gasteiger partial charge in [-0.15, -0.1) is 0 Å². The SMILES string of the molecule is CC(Nc1cc(C(N)=O)ccc1Cl)c1ccc(Cl)c(Cl)c1. The summed E-state index contributed by atoms with van der Waals surface area (Å²) in [6, 6.07) is 10.2. The van der Waals surface area contributed by atoms with Crippen LogP contribution in [0.2, 0.25) is 15.1 Å². The largest absolute Gasteiger partial charge is 0.377 e. The zero-order chi connectivity index (χ0) is 15.6. The highest BCUT2D eigenvalue weighted by Crippen LogP contribution is 2.30. The van der Waals surface area contributed by atoms with E-state index in [4.69, 9.17) is 40.5 Å². The van der Waals surface area contributed by atoms with Gasteiger partial charge in [-0.3, -0.25) is 4.79 Å². The number of halogens is 3. The van der Waals surface area contributed by atoms with Gasteiger partial charge in [-0.1, -0.05) is 40.9 Å². The zero-order valence-electron chi connectivity index (χ0n) is 11.2. The second kappa shape index (κ2) is 6.56. The minimum Gasteiger partial charge on any atom is -0.377 e. The van der Waals surface area contributed by atoms with Crippen LogP contribution in [0.4, 0.5) is 5.69 Å². The van der Waals surface area contributed by atoms with Crippen molar-refractivity contribution in [2.75, 3.05) is 5.32 Å². The molecule has 0 aromatic heterocycles. The van der Waals surface area contributed by atoms with Crippen LogP contribution < -0.4 is 11.1 Å². The van der Waals surface area contributed by atoms with Gasteiger partial charge in [0.15, 0.2) is 0 Å². The lowest BCUT2D eigenvalue weighted by Crippen LogP contribution is -2.12. The van der Waals surface area contributed by atoms with Gasteiger partial charge >= 0.3 is 0 Å². The molecular formula is C15H13Cl3N2O. The first kappa shape index (κ1) is 16.0. The summed E-state index contributed by atoms with van der Waals surface area (Å²) in [5.74, 6) is -0.503. The molecule has 3 N–H and O–H groups in total. The highest BCUT2D eigenvalue weighted by atomic mass is 35.5. The van der Waals surface area contributed by atoms with Crippen LogP contribution in [0.25, 0.3) is 0 Å². The molecule has 0 spiro atoms. The Morgan fingerprint density at radius 1 is 1.05 bits per heavy atom. The lowest BCUT2D eigenvalue weighted by Gasteiger charge is -2.18. The molecular weight excluding hydrogens is 331 g/mol. The number of carbonyl (C=O) groups is 1. The van der Waals surface area contributed by atoms with Crippen molar-refractivity contribution >= 4 is 46.4 Å². The van der Waals surface area contributed by atoms with Gasteiger partial charge in [-0.05, 0) is 42.8 Å². The Labute approximate surface area is 138 Å². The first-order valence-electron chi connectivity index (χ1n) is 6.19. The summed E-state index contributed by atoms with van der Waals surface area (Å²) >= 11 is 18.0. The molecule has 3 nitrogen and oxygen atoms in total. The number of rotatable bonds is 4. The molecule has 0 bridgehead atoms. The van der Waals surface area contributed by atoms with E-state index in [1.54, 1.807) is 30.3 Å². The minimum atomic E-state index is -0.503. The summed E-state index contributed by atoms with van der Waals surface area (Å²) in [6.07, 6.45) is 0. The number of hydrogen-bond acceptors (Lipinski definition) is 2. The van der Waals surface area contributed by atoms with Gasteiger partial charge < -0.3 is 11.1 Å². The molecule has 0 aliphatic heterocycles. The molecule has 0 saturated carbocycles. The molecule has 0 aliphatic rings. The molecule has 1 atom stereocenters. The number of nitrogens with two attached hydrogens (primary N) is 1. The quantitative estimate of drug-likeness (QED) is 0.828. The summed E-state index contributed by atoms with van der Waals surface area (Å²) in [5.41, 5.74) is 7.24. The van der Waals surface area contributed by atoms with Crippen molar-refractivity contribution in [2.24, 2.45) is 5.73 Å². The highest BCUT2D eigenvalue weighted by molar-refractivity contribution is 6.42. The second-order valence-electron chi connectivity index (χ2n) is 4.60. The fraction of sp³-hybridized carbons (Fsp3) is 0.133. The van der Waals surface area contributed by atoms with Crippen LogP contribution in [-0.4, -0.2) is 5.91 Å². The smallest absolute Gasteiger partial charge is 0.248 e. The average Bonchev–Trinajstić information content (AvgIpc) is 2.43. The molecule has 2 rings (SSSR count). The number of hydrogen-bond donors (Lipinski definition) is 2. The number of carbonyl (C=O) groups excluding carboxylic acids is 1. The van der Waals surface area contributed by atoms with Gasteiger partial charge in [-0.2, -0.15) is 0 Å². The van der Waals surface area contributed by atoms with Gasteiger partial charge in [0, 0.05) is 11.6 Å². The Morgan fingerprint density at radius 3 is 2.33 bits per heavy atom. The molecule has 2 aromatic rings. The summed E-state index contributed by atoms with van der Waals surface area (Å²) in [7, 11) is 0. The van der Waals surface area contributed by atoms with Crippen LogP contribution in [0.15, 0.2) is 36.4 Å². The molecule has 6 heteroatoms. The predicted octanol–water partition coefficient (Wildman–Crippen LogP) is 4.92. The van der Waals surface area contributed by atoms with Crippen LogP contribution in [0.5, 0.6) is 0 Å². The molecule has 1 unspecified atom stereocenters. The Morgan fingerprint density at radius 2 is 1.71 bits per heavy atom. The number of amides is 1. The monoisotopic (exact) mass is 342 g/mol. The van der Waals surface area contributed by atoms with E-state index >= 15 is 0 Å². The third-order valence-corrected chi connectivity index (χ3v) is 4.14. The van der Waals surface area contributed by atoms with E-state index in [1.807, 2.05) is 13.0 Å². The van der Waals surface area contributed by atoms with Gasteiger partial charge in [-0.25, -0.2) is 0 Å². The zero-order valence-corrected chi connectivity index (χ0v) is 13.4. The standard InChI is InChI=1S/C15H13Cl3N2O/c1-8(9-2-4-11(16)13(18)6-9)20-14-7-10(15(19)21)3-5-12(14)17/h2-8,20H,1H3,(H2,19,21). The number of primary amides is 1. The van der Waals surface area contributed by atoms with Crippen LogP contribution in [0.1, 0.15) is 28.9 Å². The fourth-order valence-corrected chi connectivity index (χ4v) is 2.37. The van der Waals surface area contributed by atoms with E-state index in [9.17, 15) is 4.79 Å². The number of anilines is 1. The minimum absolute atomic E-state index is 0.0691. The van der Waals surface area contributed by atoms with Crippen LogP contribution in [0.3, 0.4) is 0 Å². The molecule has 0 aliphatic carbocycles. The van der Waals surface area contributed by atoms with Gasteiger partial charge in [0.1, 0.15) is 0 Å². The van der Waals surface area contributed by atoms with E-state index in [2.05, 4.69) is 5.32 Å². The Balaban J connectivity index is 2.26. The maximum atomic E-state index is 11.2. The normalized spacial score (nSPS) is 12.0. The van der Waals surface area contributed by atoms with Crippen molar-refractivity contribution in [3.63, 3.8) is 0 Å². The van der Waals surface area contributed by atoms with Crippen LogP contribution in [0, 0.1) is 0 Å². The Hall–Kier alpha value is -1.42. The first-order valence-corrected chi connectivity index (χ1v) is 7.32. The van der Waals surface area contributed by atoms with Gasteiger partial charge in [0.2, 0.25) is 5.91 Å². The summed E-state index contributed by atoms with van der Waals surface area (Å²) < 4.78 is 0. The van der Waals surface area contributed by atoms with Gasteiger partial charge in [0.25, 0.3) is 0 Å². The predicted molar refractivity (Wildman–Crippen MR) is 88.5 cm³/mol.